The number of aromatic amines is 1. The molecule has 0 saturated carbocycles. The molecular formula is C16H22N4O3S. The number of hydrogen-bond donors (Lipinski definition) is 2. The molecule has 1 aromatic heterocycles. The van der Waals surface area contributed by atoms with Crippen molar-refractivity contribution in [1.82, 2.24) is 14.8 Å². The molecule has 0 aliphatic carbocycles. The Kier molecular flexibility index (Phi) is 6.62. The van der Waals surface area contributed by atoms with Crippen LogP contribution in [0.25, 0.3) is 0 Å². The Labute approximate surface area is 144 Å². The van der Waals surface area contributed by atoms with Gasteiger partial charge in [0, 0.05) is 25.9 Å². The van der Waals surface area contributed by atoms with Crippen molar-refractivity contribution in [3.05, 3.63) is 39.8 Å². The Morgan fingerprint density at radius 3 is 2.92 bits per heavy atom. The molecule has 1 amide bonds. The number of nitrogens with zero attached hydrogens (tertiary/aromatic N) is 2. The number of carbonyl (C=O) groups excluding carboxylic acids is 1. The van der Waals surface area contributed by atoms with Crippen molar-refractivity contribution in [3.63, 3.8) is 0 Å². The molecule has 2 aromatic rings. The number of hydrogen-bond acceptors (Lipinski definition) is 5. The number of aromatic nitrogens is 3. The summed E-state index contributed by atoms with van der Waals surface area (Å²) in [5, 5.41) is 9.77. The molecule has 0 spiro atoms. The number of thioether (sulfide) groups is 1. The molecule has 0 radical (unpaired) electrons. The van der Waals surface area contributed by atoms with Crippen LogP contribution in [-0.2, 0) is 16.1 Å². The molecule has 0 bridgehead atoms. The van der Waals surface area contributed by atoms with Crippen LogP contribution < -0.4 is 11.0 Å². The number of aryl methyl sites for hydroxylation is 2. The van der Waals surface area contributed by atoms with E-state index < -0.39 is 0 Å². The molecule has 2 N–H and O–H groups in total. The number of H-pyrrole nitrogens is 1. The number of anilines is 1. The number of carbonyl (C=O) groups is 1. The summed E-state index contributed by atoms with van der Waals surface area (Å²) in [4.78, 5) is 23.9. The topological polar surface area (TPSA) is 89.0 Å². The number of amides is 1. The predicted molar refractivity (Wildman–Crippen MR) is 94.6 cm³/mol. The summed E-state index contributed by atoms with van der Waals surface area (Å²) in [5.74, 6) is 0.0489. The van der Waals surface area contributed by atoms with Gasteiger partial charge in [0.25, 0.3) is 0 Å². The van der Waals surface area contributed by atoms with Gasteiger partial charge < -0.3 is 10.1 Å². The molecule has 7 nitrogen and oxygen atoms in total. The first-order chi connectivity index (χ1) is 11.5. The van der Waals surface area contributed by atoms with Crippen LogP contribution in [0.15, 0.2) is 28.2 Å². The standard InChI is InChI=1S/C16H22N4O3S/c1-11-5-6-13(12(2)9-11)17-14(21)10-24-16-19-18-15(22)20(16)7-4-8-23-3/h5-6,9H,4,7-8,10H2,1-3H3,(H,17,21)(H,18,22). The van der Waals surface area contributed by atoms with Gasteiger partial charge in [-0.05, 0) is 31.9 Å². The van der Waals surface area contributed by atoms with Gasteiger partial charge in [0.15, 0.2) is 5.16 Å². The van der Waals surface area contributed by atoms with Crippen LogP contribution in [0.1, 0.15) is 17.5 Å². The quantitative estimate of drug-likeness (QED) is 0.561. The normalized spacial score (nSPS) is 10.8. The Morgan fingerprint density at radius 1 is 1.42 bits per heavy atom. The van der Waals surface area contributed by atoms with Gasteiger partial charge >= 0.3 is 5.69 Å². The van der Waals surface area contributed by atoms with E-state index in [2.05, 4.69) is 15.5 Å². The van der Waals surface area contributed by atoms with Gasteiger partial charge in [-0.25, -0.2) is 9.89 Å². The van der Waals surface area contributed by atoms with Gasteiger partial charge in [-0.1, -0.05) is 29.5 Å². The second kappa shape index (κ2) is 8.70. The molecule has 24 heavy (non-hydrogen) atoms. The molecule has 1 heterocycles. The Balaban J connectivity index is 1.93. The summed E-state index contributed by atoms with van der Waals surface area (Å²) < 4.78 is 6.51. The SMILES string of the molecule is COCCCn1c(SCC(=O)Nc2ccc(C)cc2C)n[nH]c1=O. The fraction of sp³-hybridized carbons (Fsp3) is 0.438. The van der Waals surface area contributed by atoms with E-state index in [1.54, 1.807) is 7.11 Å². The first kappa shape index (κ1) is 18.3. The molecule has 0 unspecified atom stereocenters. The van der Waals surface area contributed by atoms with E-state index in [-0.39, 0.29) is 17.3 Å². The van der Waals surface area contributed by atoms with Crippen LogP contribution in [0.5, 0.6) is 0 Å². The van der Waals surface area contributed by atoms with Crippen LogP contribution in [0, 0.1) is 13.8 Å². The highest BCUT2D eigenvalue weighted by Gasteiger charge is 2.12. The highest BCUT2D eigenvalue weighted by molar-refractivity contribution is 7.99. The molecule has 0 saturated heterocycles. The zero-order valence-corrected chi connectivity index (χ0v) is 14.9. The molecular weight excluding hydrogens is 328 g/mol. The molecule has 0 atom stereocenters. The third-order valence-corrected chi connectivity index (χ3v) is 4.42. The number of rotatable bonds is 8. The number of benzene rings is 1. The van der Waals surface area contributed by atoms with E-state index in [1.807, 2.05) is 32.0 Å². The predicted octanol–water partition coefficient (Wildman–Crippen LogP) is 1.96. The van der Waals surface area contributed by atoms with Crippen molar-refractivity contribution in [2.24, 2.45) is 0 Å². The maximum atomic E-state index is 12.1. The second-order valence-electron chi connectivity index (χ2n) is 5.46. The fourth-order valence-electron chi connectivity index (χ4n) is 2.25. The molecule has 1 aromatic carbocycles. The summed E-state index contributed by atoms with van der Waals surface area (Å²) in [5.41, 5.74) is 2.69. The van der Waals surface area contributed by atoms with Gasteiger partial charge in [-0.15, -0.1) is 5.10 Å². The summed E-state index contributed by atoms with van der Waals surface area (Å²) in [7, 11) is 1.62. The number of methoxy groups -OCH3 is 1. The van der Waals surface area contributed by atoms with Crippen LogP contribution in [0.4, 0.5) is 5.69 Å². The first-order valence-corrected chi connectivity index (χ1v) is 8.64. The lowest BCUT2D eigenvalue weighted by Crippen LogP contribution is -2.19. The van der Waals surface area contributed by atoms with E-state index in [0.717, 1.165) is 16.8 Å². The zero-order chi connectivity index (χ0) is 17.5. The average Bonchev–Trinajstić information content (AvgIpc) is 2.89. The van der Waals surface area contributed by atoms with Crippen LogP contribution >= 0.6 is 11.8 Å². The van der Waals surface area contributed by atoms with Gasteiger partial charge in [0.05, 0.1) is 5.75 Å². The molecule has 8 heteroatoms. The Hall–Kier alpha value is -2.06. The van der Waals surface area contributed by atoms with Crippen molar-refractivity contribution in [2.75, 3.05) is 24.8 Å². The maximum absolute atomic E-state index is 12.1. The molecule has 0 aliphatic rings. The maximum Gasteiger partial charge on any atom is 0.343 e. The van der Waals surface area contributed by atoms with Crippen molar-refractivity contribution < 1.29 is 9.53 Å². The molecule has 0 fully saturated rings. The minimum atomic E-state index is -0.275. The van der Waals surface area contributed by atoms with Crippen molar-refractivity contribution >= 4 is 23.4 Å². The first-order valence-electron chi connectivity index (χ1n) is 7.65. The molecule has 2 rings (SSSR count). The van der Waals surface area contributed by atoms with Gasteiger partial charge in [0.1, 0.15) is 0 Å². The van der Waals surface area contributed by atoms with Crippen LogP contribution in [0.2, 0.25) is 0 Å². The fourth-order valence-corrected chi connectivity index (χ4v) is 3.02. The lowest BCUT2D eigenvalue weighted by molar-refractivity contribution is -0.113. The number of nitrogens with one attached hydrogen (secondary N) is 2. The Bertz CT molecular complexity index is 754. The minimum absolute atomic E-state index is 0.133. The van der Waals surface area contributed by atoms with Crippen molar-refractivity contribution in [3.8, 4) is 0 Å². The summed E-state index contributed by atoms with van der Waals surface area (Å²) >= 11 is 1.23. The summed E-state index contributed by atoms with van der Waals surface area (Å²) in [6.07, 6.45) is 0.707. The van der Waals surface area contributed by atoms with E-state index in [1.165, 1.54) is 16.3 Å². The van der Waals surface area contributed by atoms with Crippen molar-refractivity contribution in [2.45, 2.75) is 32.0 Å². The minimum Gasteiger partial charge on any atom is -0.385 e. The van der Waals surface area contributed by atoms with Crippen molar-refractivity contribution in [1.29, 1.82) is 0 Å². The third-order valence-electron chi connectivity index (χ3n) is 3.44. The lowest BCUT2D eigenvalue weighted by Gasteiger charge is -2.09. The Morgan fingerprint density at radius 2 is 2.21 bits per heavy atom. The van der Waals surface area contributed by atoms with Gasteiger partial charge in [-0.2, -0.15) is 0 Å². The van der Waals surface area contributed by atoms with E-state index in [9.17, 15) is 9.59 Å². The molecule has 0 aliphatic heterocycles. The van der Waals surface area contributed by atoms with E-state index in [4.69, 9.17) is 4.74 Å². The van der Waals surface area contributed by atoms with E-state index >= 15 is 0 Å². The van der Waals surface area contributed by atoms with Crippen LogP contribution in [0.3, 0.4) is 0 Å². The highest BCUT2D eigenvalue weighted by atomic mass is 32.2. The monoisotopic (exact) mass is 350 g/mol. The summed E-state index contributed by atoms with van der Waals surface area (Å²) in [6.45, 7) is 5.03. The smallest absolute Gasteiger partial charge is 0.343 e. The lowest BCUT2D eigenvalue weighted by atomic mass is 10.1. The largest absolute Gasteiger partial charge is 0.385 e. The highest BCUT2D eigenvalue weighted by Crippen LogP contribution is 2.18. The van der Waals surface area contributed by atoms with Gasteiger partial charge in [0.2, 0.25) is 5.91 Å². The average molecular weight is 350 g/mol. The van der Waals surface area contributed by atoms with Gasteiger partial charge in [-0.3, -0.25) is 9.36 Å². The molecule has 130 valence electrons. The third kappa shape index (κ3) is 4.97. The van der Waals surface area contributed by atoms with E-state index in [0.29, 0.717) is 24.7 Å². The van der Waals surface area contributed by atoms with Crippen LogP contribution in [-0.4, -0.2) is 40.1 Å². The number of ether oxygens (including phenoxy) is 1. The second-order valence-corrected chi connectivity index (χ2v) is 6.41. The summed E-state index contributed by atoms with van der Waals surface area (Å²) in [6, 6.07) is 5.86. The zero-order valence-electron chi connectivity index (χ0n) is 14.1.